The fourth-order valence-corrected chi connectivity index (χ4v) is 4.19. The second kappa shape index (κ2) is 6.89. The SMILES string of the molecule is Cc1cc(-c2cn(C)nc2C2CCC(CNC(=O)[C@@H]3C[C@H]3C)CC2)on1. The van der Waals surface area contributed by atoms with Crippen molar-refractivity contribution in [3.05, 3.63) is 23.7 Å². The van der Waals surface area contributed by atoms with Crippen LogP contribution in [-0.4, -0.2) is 27.4 Å². The summed E-state index contributed by atoms with van der Waals surface area (Å²) in [4.78, 5) is 12.0. The van der Waals surface area contributed by atoms with E-state index >= 15 is 0 Å². The van der Waals surface area contributed by atoms with Gasteiger partial charge in [-0.15, -0.1) is 0 Å². The number of carbonyl (C=O) groups is 1. The van der Waals surface area contributed by atoms with Gasteiger partial charge in [0, 0.05) is 37.7 Å². The van der Waals surface area contributed by atoms with Gasteiger partial charge in [-0.1, -0.05) is 12.1 Å². The van der Waals surface area contributed by atoms with Crippen LogP contribution in [0.3, 0.4) is 0 Å². The quantitative estimate of drug-likeness (QED) is 0.891. The molecule has 6 nitrogen and oxygen atoms in total. The molecular formula is C20H28N4O2. The van der Waals surface area contributed by atoms with Crippen LogP contribution in [0.25, 0.3) is 11.3 Å². The summed E-state index contributed by atoms with van der Waals surface area (Å²) in [7, 11) is 1.95. The van der Waals surface area contributed by atoms with Gasteiger partial charge in [0.05, 0.1) is 17.0 Å². The Morgan fingerprint density at radius 1 is 1.35 bits per heavy atom. The molecule has 2 fully saturated rings. The van der Waals surface area contributed by atoms with Crippen LogP contribution in [0.15, 0.2) is 16.8 Å². The maximum atomic E-state index is 12.0. The van der Waals surface area contributed by atoms with Crippen molar-refractivity contribution in [2.75, 3.05) is 6.54 Å². The number of carbonyl (C=O) groups excluding carboxylic acids is 1. The first-order valence-corrected chi connectivity index (χ1v) is 9.76. The van der Waals surface area contributed by atoms with Crippen LogP contribution in [0.2, 0.25) is 0 Å². The summed E-state index contributed by atoms with van der Waals surface area (Å²) in [6.07, 6.45) is 7.57. The molecule has 2 aliphatic carbocycles. The van der Waals surface area contributed by atoms with Crippen LogP contribution in [0.4, 0.5) is 0 Å². The predicted octanol–water partition coefficient (Wildman–Crippen LogP) is 3.43. The zero-order valence-electron chi connectivity index (χ0n) is 15.9. The molecule has 6 heteroatoms. The van der Waals surface area contributed by atoms with Crippen molar-refractivity contribution in [2.24, 2.45) is 24.8 Å². The molecule has 2 aliphatic rings. The van der Waals surface area contributed by atoms with Crippen LogP contribution in [0, 0.1) is 24.7 Å². The van der Waals surface area contributed by atoms with Gasteiger partial charge in [-0.3, -0.25) is 9.48 Å². The number of hydrogen-bond acceptors (Lipinski definition) is 4. The second-order valence-corrected chi connectivity index (χ2v) is 8.22. The summed E-state index contributed by atoms with van der Waals surface area (Å²) >= 11 is 0. The van der Waals surface area contributed by atoms with Gasteiger partial charge >= 0.3 is 0 Å². The number of aryl methyl sites for hydroxylation is 2. The lowest BCUT2D eigenvalue weighted by atomic mass is 9.79. The molecule has 2 saturated carbocycles. The Bertz CT molecular complexity index is 786. The van der Waals surface area contributed by atoms with Gasteiger partial charge in [0.2, 0.25) is 5.91 Å². The van der Waals surface area contributed by atoms with E-state index in [9.17, 15) is 4.79 Å². The van der Waals surface area contributed by atoms with Gasteiger partial charge in [0.15, 0.2) is 5.76 Å². The molecule has 2 atom stereocenters. The lowest BCUT2D eigenvalue weighted by Crippen LogP contribution is -2.32. The molecule has 0 aliphatic heterocycles. The Morgan fingerprint density at radius 2 is 2.08 bits per heavy atom. The number of nitrogens with one attached hydrogen (secondary N) is 1. The van der Waals surface area contributed by atoms with E-state index in [-0.39, 0.29) is 11.8 Å². The number of rotatable bonds is 5. The Labute approximate surface area is 154 Å². The third-order valence-electron chi connectivity index (χ3n) is 6.00. The Morgan fingerprint density at radius 3 is 2.69 bits per heavy atom. The Hall–Kier alpha value is -2.11. The van der Waals surface area contributed by atoms with Crippen molar-refractivity contribution in [3.8, 4) is 11.3 Å². The molecule has 26 heavy (non-hydrogen) atoms. The molecule has 2 aromatic heterocycles. The highest BCUT2D eigenvalue weighted by Crippen LogP contribution is 2.40. The van der Waals surface area contributed by atoms with Crippen molar-refractivity contribution < 1.29 is 9.32 Å². The standard InChI is InChI=1S/C20H28N4O2/c1-12-8-16(12)20(25)21-10-14-4-6-15(7-5-14)19-17(11-24(3)22-19)18-9-13(2)23-26-18/h9,11-12,14-16H,4-8,10H2,1-3H3,(H,21,25)/t12-,14?,15?,16-/m1/s1. The number of aromatic nitrogens is 3. The smallest absolute Gasteiger partial charge is 0.223 e. The Balaban J connectivity index is 1.35. The van der Waals surface area contributed by atoms with E-state index in [1.807, 2.05) is 30.9 Å². The minimum absolute atomic E-state index is 0.257. The molecule has 140 valence electrons. The molecular weight excluding hydrogens is 328 g/mol. The van der Waals surface area contributed by atoms with Gasteiger partial charge in [0.25, 0.3) is 0 Å². The van der Waals surface area contributed by atoms with Crippen LogP contribution < -0.4 is 5.32 Å². The summed E-state index contributed by atoms with van der Waals surface area (Å²) in [6.45, 7) is 4.91. The topological polar surface area (TPSA) is 73.0 Å². The van der Waals surface area contributed by atoms with Crippen molar-refractivity contribution in [1.82, 2.24) is 20.3 Å². The highest BCUT2D eigenvalue weighted by Gasteiger charge is 2.39. The number of amides is 1. The second-order valence-electron chi connectivity index (χ2n) is 8.22. The maximum absolute atomic E-state index is 12.0. The molecule has 0 radical (unpaired) electrons. The normalized spacial score (nSPS) is 28.1. The maximum Gasteiger partial charge on any atom is 0.223 e. The average Bonchev–Trinajstić information content (AvgIpc) is 3.02. The molecule has 0 unspecified atom stereocenters. The van der Waals surface area contributed by atoms with Gasteiger partial charge in [-0.25, -0.2) is 0 Å². The van der Waals surface area contributed by atoms with Crippen LogP contribution in [-0.2, 0) is 11.8 Å². The van der Waals surface area contributed by atoms with Crippen molar-refractivity contribution >= 4 is 5.91 Å². The third-order valence-corrected chi connectivity index (χ3v) is 6.00. The zero-order chi connectivity index (χ0) is 18.3. The summed E-state index contributed by atoms with van der Waals surface area (Å²) in [5.74, 6) is 2.95. The van der Waals surface area contributed by atoms with Gasteiger partial charge in [0.1, 0.15) is 0 Å². The predicted molar refractivity (Wildman–Crippen MR) is 98.4 cm³/mol. The van der Waals surface area contributed by atoms with Gasteiger partial charge in [-0.05, 0) is 50.9 Å². The van der Waals surface area contributed by atoms with E-state index in [4.69, 9.17) is 9.62 Å². The first-order valence-electron chi connectivity index (χ1n) is 9.76. The molecule has 1 N–H and O–H groups in total. The summed E-state index contributed by atoms with van der Waals surface area (Å²) in [5.41, 5.74) is 3.07. The molecule has 4 rings (SSSR count). The van der Waals surface area contributed by atoms with E-state index in [1.165, 1.54) is 0 Å². The molecule has 2 aromatic rings. The lowest BCUT2D eigenvalue weighted by Gasteiger charge is -2.28. The van der Waals surface area contributed by atoms with Gasteiger partial charge in [-0.2, -0.15) is 5.10 Å². The fraction of sp³-hybridized carbons (Fsp3) is 0.650. The minimum Gasteiger partial charge on any atom is -0.356 e. The van der Waals surface area contributed by atoms with Crippen molar-refractivity contribution in [2.45, 2.75) is 51.9 Å². The van der Waals surface area contributed by atoms with Crippen LogP contribution in [0.5, 0.6) is 0 Å². The zero-order valence-corrected chi connectivity index (χ0v) is 15.9. The molecule has 1 amide bonds. The molecule has 0 spiro atoms. The first kappa shape index (κ1) is 17.3. The molecule has 0 saturated heterocycles. The molecule has 2 heterocycles. The Kier molecular flexibility index (Phi) is 4.59. The fourth-order valence-electron chi connectivity index (χ4n) is 4.19. The summed E-state index contributed by atoms with van der Waals surface area (Å²) < 4.78 is 7.33. The summed E-state index contributed by atoms with van der Waals surface area (Å²) in [6, 6.07) is 1.97. The molecule has 0 aromatic carbocycles. The van der Waals surface area contributed by atoms with E-state index in [1.54, 1.807) is 0 Å². The van der Waals surface area contributed by atoms with Crippen molar-refractivity contribution in [1.29, 1.82) is 0 Å². The van der Waals surface area contributed by atoms with E-state index in [2.05, 4.69) is 17.4 Å². The van der Waals surface area contributed by atoms with E-state index in [0.29, 0.717) is 17.8 Å². The first-order chi connectivity index (χ1) is 12.5. The lowest BCUT2D eigenvalue weighted by molar-refractivity contribution is -0.122. The largest absolute Gasteiger partial charge is 0.356 e. The molecule has 0 bridgehead atoms. The minimum atomic E-state index is 0.257. The van der Waals surface area contributed by atoms with Crippen molar-refractivity contribution in [3.63, 3.8) is 0 Å². The number of nitrogens with zero attached hydrogens (tertiary/aromatic N) is 3. The summed E-state index contributed by atoms with van der Waals surface area (Å²) in [5, 5.41) is 11.9. The van der Waals surface area contributed by atoms with Gasteiger partial charge < -0.3 is 9.84 Å². The monoisotopic (exact) mass is 356 g/mol. The van der Waals surface area contributed by atoms with Crippen LogP contribution >= 0.6 is 0 Å². The highest BCUT2D eigenvalue weighted by atomic mass is 16.5. The highest BCUT2D eigenvalue weighted by molar-refractivity contribution is 5.81. The number of hydrogen-bond donors (Lipinski definition) is 1. The van der Waals surface area contributed by atoms with E-state index < -0.39 is 0 Å². The third kappa shape index (κ3) is 3.55. The average molecular weight is 356 g/mol. The van der Waals surface area contributed by atoms with E-state index in [0.717, 1.165) is 61.4 Å². The van der Waals surface area contributed by atoms with Crippen LogP contribution in [0.1, 0.15) is 56.3 Å².